The molecule has 0 aliphatic carbocycles. The molecular weight excluding hydrogens is 310 g/mol. The lowest BCUT2D eigenvalue weighted by Gasteiger charge is -2.05. The molecule has 0 atom stereocenters. The number of rotatable bonds is 3. The van der Waals surface area contributed by atoms with Gasteiger partial charge in [0.05, 0.1) is 5.69 Å². The van der Waals surface area contributed by atoms with E-state index in [9.17, 15) is 4.79 Å². The monoisotopic (exact) mass is 325 g/mol. The molecule has 0 bridgehead atoms. The average Bonchev–Trinajstić information content (AvgIpc) is 2.84. The Bertz CT molecular complexity index is 912. The maximum atomic E-state index is 12.1. The van der Waals surface area contributed by atoms with Crippen molar-refractivity contribution in [3.05, 3.63) is 70.6 Å². The highest BCUT2D eigenvalue weighted by molar-refractivity contribution is 6.31. The van der Waals surface area contributed by atoms with Gasteiger partial charge in [0.1, 0.15) is 5.65 Å². The summed E-state index contributed by atoms with van der Waals surface area (Å²) in [5, 5.41) is 3.21. The zero-order chi connectivity index (χ0) is 16.4. The molecule has 0 unspecified atom stereocenters. The van der Waals surface area contributed by atoms with Crippen LogP contribution in [0.25, 0.3) is 11.7 Å². The van der Waals surface area contributed by atoms with Crippen molar-refractivity contribution in [1.82, 2.24) is 9.38 Å². The van der Waals surface area contributed by atoms with Gasteiger partial charge in [0.15, 0.2) is 5.15 Å². The van der Waals surface area contributed by atoms with Gasteiger partial charge in [0.2, 0.25) is 5.91 Å². The lowest BCUT2D eigenvalue weighted by Crippen LogP contribution is -2.08. The standard InChI is InChI=1S/C18H16ClN3O/c1-12-6-7-14(11-13(12)2)20-17(23)9-8-15-18(19)21-16-5-3-4-10-22(15)16/h3-11H,1-2H3,(H,20,23)/b9-8+. The molecular formula is C18H16ClN3O. The van der Waals surface area contributed by atoms with Gasteiger partial charge in [-0.05, 0) is 55.3 Å². The van der Waals surface area contributed by atoms with E-state index in [1.54, 1.807) is 6.08 Å². The van der Waals surface area contributed by atoms with Crippen LogP contribution in [0.3, 0.4) is 0 Å². The van der Waals surface area contributed by atoms with Crippen LogP contribution in [0.15, 0.2) is 48.7 Å². The first kappa shape index (κ1) is 15.3. The molecule has 116 valence electrons. The minimum Gasteiger partial charge on any atom is -0.323 e. The van der Waals surface area contributed by atoms with Crippen molar-refractivity contribution >= 4 is 34.9 Å². The van der Waals surface area contributed by atoms with Crippen molar-refractivity contribution in [3.8, 4) is 0 Å². The molecule has 0 radical (unpaired) electrons. The molecule has 2 heterocycles. The second-order valence-corrected chi connectivity index (χ2v) is 5.70. The second kappa shape index (κ2) is 6.26. The Morgan fingerprint density at radius 2 is 2.04 bits per heavy atom. The number of carbonyl (C=O) groups excluding carboxylic acids is 1. The number of imidazole rings is 1. The molecule has 2 aromatic heterocycles. The number of fused-ring (bicyclic) bond motifs is 1. The van der Waals surface area contributed by atoms with Crippen molar-refractivity contribution in [2.75, 3.05) is 5.32 Å². The molecule has 0 aliphatic heterocycles. The number of hydrogen-bond acceptors (Lipinski definition) is 2. The molecule has 5 heteroatoms. The third-order valence-corrected chi connectivity index (χ3v) is 3.97. The highest BCUT2D eigenvalue weighted by Crippen LogP contribution is 2.19. The van der Waals surface area contributed by atoms with Gasteiger partial charge in [-0.25, -0.2) is 4.98 Å². The van der Waals surface area contributed by atoms with Crippen LogP contribution in [0.4, 0.5) is 5.69 Å². The highest BCUT2D eigenvalue weighted by Gasteiger charge is 2.07. The number of pyridine rings is 1. The van der Waals surface area contributed by atoms with Gasteiger partial charge in [-0.3, -0.25) is 9.20 Å². The van der Waals surface area contributed by atoms with E-state index >= 15 is 0 Å². The van der Waals surface area contributed by atoms with Crippen LogP contribution >= 0.6 is 11.6 Å². The van der Waals surface area contributed by atoms with E-state index in [2.05, 4.69) is 10.3 Å². The molecule has 3 rings (SSSR count). The van der Waals surface area contributed by atoms with E-state index in [0.29, 0.717) is 10.8 Å². The van der Waals surface area contributed by atoms with Gasteiger partial charge in [0.25, 0.3) is 0 Å². The van der Waals surface area contributed by atoms with E-state index in [4.69, 9.17) is 11.6 Å². The first-order valence-electron chi connectivity index (χ1n) is 7.23. The van der Waals surface area contributed by atoms with E-state index in [0.717, 1.165) is 16.9 Å². The van der Waals surface area contributed by atoms with E-state index in [1.807, 2.05) is 60.8 Å². The van der Waals surface area contributed by atoms with Gasteiger partial charge in [-0.1, -0.05) is 23.7 Å². The SMILES string of the molecule is Cc1ccc(NC(=O)/C=C/c2c(Cl)nc3ccccn23)cc1C. The summed E-state index contributed by atoms with van der Waals surface area (Å²) < 4.78 is 1.84. The Hall–Kier alpha value is -2.59. The van der Waals surface area contributed by atoms with Crippen molar-refractivity contribution < 1.29 is 4.79 Å². The number of nitrogens with zero attached hydrogens (tertiary/aromatic N) is 2. The molecule has 23 heavy (non-hydrogen) atoms. The zero-order valence-corrected chi connectivity index (χ0v) is 13.6. The summed E-state index contributed by atoms with van der Waals surface area (Å²) in [6.07, 6.45) is 4.98. The molecule has 1 aromatic carbocycles. The summed E-state index contributed by atoms with van der Waals surface area (Å²) in [5.74, 6) is -0.213. The minimum atomic E-state index is -0.213. The van der Waals surface area contributed by atoms with Gasteiger partial charge in [0, 0.05) is 18.0 Å². The zero-order valence-electron chi connectivity index (χ0n) is 12.9. The Morgan fingerprint density at radius 1 is 1.22 bits per heavy atom. The summed E-state index contributed by atoms with van der Waals surface area (Å²) in [5.41, 5.74) is 4.52. The Morgan fingerprint density at radius 3 is 2.83 bits per heavy atom. The Labute approximate surface area is 139 Å². The first-order valence-corrected chi connectivity index (χ1v) is 7.61. The summed E-state index contributed by atoms with van der Waals surface area (Å²) in [6.45, 7) is 4.05. The third-order valence-electron chi connectivity index (χ3n) is 3.69. The maximum Gasteiger partial charge on any atom is 0.248 e. The number of nitrogens with one attached hydrogen (secondary N) is 1. The molecule has 0 fully saturated rings. The lowest BCUT2D eigenvalue weighted by atomic mass is 10.1. The predicted molar refractivity (Wildman–Crippen MR) is 93.8 cm³/mol. The van der Waals surface area contributed by atoms with Gasteiger partial charge in [-0.15, -0.1) is 0 Å². The van der Waals surface area contributed by atoms with E-state index in [-0.39, 0.29) is 5.91 Å². The molecule has 0 spiro atoms. The summed E-state index contributed by atoms with van der Waals surface area (Å²) in [7, 11) is 0. The van der Waals surface area contributed by atoms with Crippen molar-refractivity contribution in [2.45, 2.75) is 13.8 Å². The largest absolute Gasteiger partial charge is 0.323 e. The fourth-order valence-corrected chi connectivity index (χ4v) is 2.53. The molecule has 1 amide bonds. The Balaban J connectivity index is 1.80. The number of aryl methyl sites for hydroxylation is 2. The van der Waals surface area contributed by atoms with Crippen LogP contribution in [-0.2, 0) is 4.79 Å². The van der Waals surface area contributed by atoms with Crippen molar-refractivity contribution in [1.29, 1.82) is 0 Å². The second-order valence-electron chi connectivity index (χ2n) is 5.34. The normalized spacial score (nSPS) is 11.3. The summed E-state index contributed by atoms with van der Waals surface area (Å²) in [4.78, 5) is 16.3. The van der Waals surface area contributed by atoms with Gasteiger partial charge >= 0.3 is 0 Å². The maximum absolute atomic E-state index is 12.1. The van der Waals surface area contributed by atoms with Crippen LogP contribution < -0.4 is 5.32 Å². The Kier molecular flexibility index (Phi) is 4.17. The molecule has 3 aromatic rings. The molecule has 4 nitrogen and oxygen atoms in total. The lowest BCUT2D eigenvalue weighted by molar-refractivity contribution is -0.111. The van der Waals surface area contributed by atoms with Crippen LogP contribution in [-0.4, -0.2) is 15.3 Å². The fourth-order valence-electron chi connectivity index (χ4n) is 2.29. The predicted octanol–water partition coefficient (Wildman–Crippen LogP) is 4.26. The molecule has 0 saturated carbocycles. The number of hydrogen-bond donors (Lipinski definition) is 1. The van der Waals surface area contributed by atoms with Gasteiger partial charge < -0.3 is 5.32 Å². The smallest absolute Gasteiger partial charge is 0.248 e. The number of halogens is 1. The van der Waals surface area contributed by atoms with E-state index in [1.165, 1.54) is 11.6 Å². The van der Waals surface area contributed by atoms with Crippen LogP contribution in [0.2, 0.25) is 5.15 Å². The fraction of sp³-hybridized carbons (Fsp3) is 0.111. The van der Waals surface area contributed by atoms with Crippen molar-refractivity contribution in [3.63, 3.8) is 0 Å². The summed E-state index contributed by atoms with van der Waals surface area (Å²) >= 11 is 6.13. The average molecular weight is 326 g/mol. The minimum absolute atomic E-state index is 0.213. The van der Waals surface area contributed by atoms with Crippen molar-refractivity contribution in [2.24, 2.45) is 0 Å². The summed E-state index contributed by atoms with van der Waals surface area (Å²) in [6, 6.07) is 11.4. The van der Waals surface area contributed by atoms with E-state index < -0.39 is 0 Å². The van der Waals surface area contributed by atoms with Crippen LogP contribution in [0.1, 0.15) is 16.8 Å². The molecule has 1 N–H and O–H groups in total. The number of carbonyl (C=O) groups is 1. The van der Waals surface area contributed by atoms with Crippen LogP contribution in [0.5, 0.6) is 0 Å². The third kappa shape index (κ3) is 3.27. The number of anilines is 1. The highest BCUT2D eigenvalue weighted by atomic mass is 35.5. The quantitative estimate of drug-likeness (QED) is 0.731. The number of aromatic nitrogens is 2. The van der Waals surface area contributed by atoms with Crippen LogP contribution in [0, 0.1) is 13.8 Å². The molecule has 0 aliphatic rings. The number of amides is 1. The first-order chi connectivity index (χ1) is 11.0. The van der Waals surface area contributed by atoms with Gasteiger partial charge in [-0.2, -0.15) is 0 Å². The number of benzene rings is 1. The topological polar surface area (TPSA) is 46.4 Å². The molecule has 0 saturated heterocycles.